The maximum Gasteiger partial charge on any atom is 0.261 e. The molecule has 0 spiro atoms. The molecule has 0 aliphatic heterocycles. The fourth-order valence-corrected chi connectivity index (χ4v) is 4.20. The van der Waals surface area contributed by atoms with E-state index in [1.807, 2.05) is 0 Å². The predicted octanol–water partition coefficient (Wildman–Crippen LogP) is 3.40. The van der Waals surface area contributed by atoms with E-state index in [-0.39, 0.29) is 28.7 Å². The van der Waals surface area contributed by atoms with Gasteiger partial charge in [-0.3, -0.25) is 14.3 Å². The highest BCUT2D eigenvalue weighted by Gasteiger charge is 2.16. The first-order chi connectivity index (χ1) is 15.7. The first kappa shape index (κ1) is 24.1. The maximum atomic E-state index is 12.6. The quantitative estimate of drug-likeness (QED) is 0.344. The summed E-state index contributed by atoms with van der Waals surface area (Å²) in [5.41, 5.74) is 0.835. The molecule has 4 N–H and O–H groups in total. The molecule has 0 aromatic heterocycles. The Morgan fingerprint density at radius 1 is 0.818 bits per heavy atom. The number of hydrogen-bond acceptors (Lipinski definition) is 5. The molecule has 172 valence electrons. The molecule has 0 radical (unpaired) electrons. The summed E-state index contributed by atoms with van der Waals surface area (Å²) in [6.07, 6.45) is 0.463. The Bertz CT molecular complexity index is 1260. The number of carbonyl (C=O) groups is 2. The SMILES string of the molecule is O=C(NCCCNC(=O)c1cccc(S(=O)(=O)Nc2cccc(Cl)c2)c1)c1cccc(O)c1. The minimum atomic E-state index is -3.91. The third-order valence-electron chi connectivity index (χ3n) is 4.52. The molecule has 3 rings (SSSR count). The second kappa shape index (κ2) is 10.8. The lowest BCUT2D eigenvalue weighted by molar-refractivity contribution is 0.0951. The third kappa shape index (κ3) is 6.96. The largest absolute Gasteiger partial charge is 0.508 e. The molecule has 0 fully saturated rings. The molecule has 0 aliphatic carbocycles. The summed E-state index contributed by atoms with van der Waals surface area (Å²) in [4.78, 5) is 24.4. The summed E-state index contributed by atoms with van der Waals surface area (Å²) >= 11 is 5.89. The number of sulfonamides is 1. The van der Waals surface area contributed by atoms with Gasteiger partial charge in [0.2, 0.25) is 0 Å². The van der Waals surface area contributed by atoms with Crippen molar-refractivity contribution < 1.29 is 23.1 Å². The van der Waals surface area contributed by atoms with Crippen LogP contribution in [0.2, 0.25) is 5.02 Å². The minimum absolute atomic E-state index is 0.00178. The van der Waals surface area contributed by atoms with Crippen molar-refractivity contribution in [3.05, 3.63) is 88.9 Å². The molecular weight excluding hydrogens is 466 g/mol. The number of rotatable bonds is 9. The predicted molar refractivity (Wildman–Crippen MR) is 126 cm³/mol. The van der Waals surface area contributed by atoms with Crippen molar-refractivity contribution in [1.29, 1.82) is 0 Å². The van der Waals surface area contributed by atoms with Crippen LogP contribution in [0.5, 0.6) is 5.75 Å². The standard InChI is InChI=1S/C23H22ClN3O5S/c24-18-7-3-8-19(15-18)27-33(31,32)21-10-2-6-17(14-21)23(30)26-12-4-11-25-22(29)16-5-1-9-20(28)13-16/h1-3,5-10,13-15,27-28H,4,11-12H2,(H,25,29)(H,26,30). The monoisotopic (exact) mass is 487 g/mol. The van der Waals surface area contributed by atoms with Crippen molar-refractivity contribution in [1.82, 2.24) is 10.6 Å². The van der Waals surface area contributed by atoms with Crippen LogP contribution in [0.1, 0.15) is 27.1 Å². The zero-order valence-electron chi connectivity index (χ0n) is 17.4. The van der Waals surface area contributed by atoms with Gasteiger partial charge in [-0.15, -0.1) is 0 Å². The van der Waals surface area contributed by atoms with Crippen molar-refractivity contribution in [3.8, 4) is 5.75 Å². The van der Waals surface area contributed by atoms with Crippen molar-refractivity contribution in [2.45, 2.75) is 11.3 Å². The Morgan fingerprint density at radius 2 is 1.42 bits per heavy atom. The number of phenols is 1. The summed E-state index contributed by atoms with van der Waals surface area (Å²) in [6, 6.07) is 18.0. The fraction of sp³-hybridized carbons (Fsp3) is 0.130. The van der Waals surface area contributed by atoms with Crippen LogP contribution in [0, 0.1) is 0 Å². The van der Waals surface area contributed by atoms with E-state index in [0.29, 0.717) is 29.2 Å². The van der Waals surface area contributed by atoms with E-state index < -0.39 is 15.9 Å². The number of anilines is 1. The second-order valence-corrected chi connectivity index (χ2v) is 9.18. The van der Waals surface area contributed by atoms with Gasteiger partial charge in [-0.2, -0.15) is 0 Å². The van der Waals surface area contributed by atoms with Gasteiger partial charge in [0.05, 0.1) is 10.6 Å². The molecule has 2 amide bonds. The van der Waals surface area contributed by atoms with E-state index in [1.165, 1.54) is 42.5 Å². The van der Waals surface area contributed by atoms with Gasteiger partial charge in [0.1, 0.15) is 5.75 Å². The number of halogens is 1. The fourth-order valence-electron chi connectivity index (χ4n) is 2.91. The van der Waals surface area contributed by atoms with E-state index in [4.69, 9.17) is 11.6 Å². The van der Waals surface area contributed by atoms with Crippen LogP contribution in [0.3, 0.4) is 0 Å². The number of aromatic hydroxyl groups is 1. The molecule has 3 aromatic rings. The van der Waals surface area contributed by atoms with Crippen molar-refractivity contribution in [3.63, 3.8) is 0 Å². The summed E-state index contributed by atoms with van der Waals surface area (Å²) in [5, 5.41) is 15.2. The third-order valence-corrected chi connectivity index (χ3v) is 6.13. The first-order valence-electron chi connectivity index (χ1n) is 9.98. The first-order valence-corrected chi connectivity index (χ1v) is 11.8. The van der Waals surface area contributed by atoms with E-state index in [9.17, 15) is 23.1 Å². The number of nitrogens with one attached hydrogen (secondary N) is 3. The van der Waals surface area contributed by atoms with Gasteiger partial charge in [0, 0.05) is 29.2 Å². The molecule has 0 bridgehead atoms. The van der Waals surface area contributed by atoms with E-state index >= 15 is 0 Å². The Balaban J connectivity index is 1.51. The summed E-state index contributed by atoms with van der Waals surface area (Å²) in [7, 11) is -3.91. The average Bonchev–Trinajstić information content (AvgIpc) is 2.78. The molecule has 0 aliphatic rings. The molecule has 0 saturated heterocycles. The lowest BCUT2D eigenvalue weighted by Gasteiger charge is -2.10. The van der Waals surface area contributed by atoms with Gasteiger partial charge >= 0.3 is 0 Å². The number of phenolic OH excluding ortho intramolecular Hbond substituents is 1. The van der Waals surface area contributed by atoms with Crippen LogP contribution >= 0.6 is 11.6 Å². The highest BCUT2D eigenvalue weighted by atomic mass is 35.5. The van der Waals surface area contributed by atoms with Crippen LogP contribution in [0.25, 0.3) is 0 Å². The summed E-state index contributed by atoms with van der Waals surface area (Å²) in [5.74, 6) is -0.765. The smallest absolute Gasteiger partial charge is 0.261 e. The Hall–Kier alpha value is -3.56. The Kier molecular flexibility index (Phi) is 7.92. The highest BCUT2D eigenvalue weighted by Crippen LogP contribution is 2.20. The number of hydrogen-bond donors (Lipinski definition) is 4. The second-order valence-electron chi connectivity index (χ2n) is 7.06. The van der Waals surface area contributed by atoms with Crippen molar-refractivity contribution in [2.75, 3.05) is 17.8 Å². The van der Waals surface area contributed by atoms with E-state index in [1.54, 1.807) is 30.3 Å². The van der Waals surface area contributed by atoms with Crippen LogP contribution in [0.15, 0.2) is 77.7 Å². The van der Waals surface area contributed by atoms with E-state index in [2.05, 4.69) is 15.4 Å². The molecule has 0 saturated carbocycles. The molecule has 10 heteroatoms. The van der Waals surface area contributed by atoms with Crippen LogP contribution in [-0.2, 0) is 10.0 Å². The summed E-state index contributed by atoms with van der Waals surface area (Å²) in [6.45, 7) is 0.587. The highest BCUT2D eigenvalue weighted by molar-refractivity contribution is 7.92. The molecule has 0 unspecified atom stereocenters. The molecule has 0 atom stereocenters. The van der Waals surface area contributed by atoms with E-state index in [0.717, 1.165) is 0 Å². The van der Waals surface area contributed by atoms with Crippen molar-refractivity contribution in [2.24, 2.45) is 0 Å². The average molecular weight is 488 g/mol. The summed E-state index contributed by atoms with van der Waals surface area (Å²) < 4.78 is 27.7. The number of carbonyl (C=O) groups excluding carboxylic acids is 2. The normalized spacial score (nSPS) is 10.9. The van der Waals surface area contributed by atoms with Gasteiger partial charge < -0.3 is 15.7 Å². The zero-order valence-corrected chi connectivity index (χ0v) is 19.0. The van der Waals surface area contributed by atoms with Gasteiger partial charge in [-0.1, -0.05) is 29.8 Å². The van der Waals surface area contributed by atoms with Crippen LogP contribution in [-0.4, -0.2) is 38.4 Å². The topological polar surface area (TPSA) is 125 Å². The van der Waals surface area contributed by atoms with Crippen molar-refractivity contribution >= 4 is 39.1 Å². The minimum Gasteiger partial charge on any atom is -0.508 e. The lowest BCUT2D eigenvalue weighted by Crippen LogP contribution is -2.30. The van der Waals surface area contributed by atoms with Gasteiger partial charge in [0.25, 0.3) is 21.8 Å². The van der Waals surface area contributed by atoms with Gasteiger partial charge in [0.15, 0.2) is 0 Å². The van der Waals surface area contributed by atoms with Gasteiger partial charge in [-0.25, -0.2) is 8.42 Å². The molecule has 8 nitrogen and oxygen atoms in total. The van der Waals surface area contributed by atoms with Crippen LogP contribution in [0.4, 0.5) is 5.69 Å². The van der Waals surface area contributed by atoms with Crippen LogP contribution < -0.4 is 15.4 Å². The molecular formula is C23H22ClN3O5S. The lowest BCUT2D eigenvalue weighted by atomic mass is 10.2. The molecule has 0 heterocycles. The number of amides is 2. The zero-order chi connectivity index (χ0) is 23.8. The molecule has 3 aromatic carbocycles. The van der Waals surface area contributed by atoms with Gasteiger partial charge in [-0.05, 0) is 61.0 Å². The molecule has 33 heavy (non-hydrogen) atoms. The maximum absolute atomic E-state index is 12.6. The Labute approximate surface area is 196 Å². The number of benzene rings is 3. The Morgan fingerprint density at radius 3 is 2.06 bits per heavy atom.